The van der Waals surface area contributed by atoms with Crippen LogP contribution in [0.1, 0.15) is 23.6 Å². The number of hydrogen-bond acceptors (Lipinski definition) is 4. The Balaban J connectivity index is 2.07. The Morgan fingerprint density at radius 3 is 2.58 bits per heavy atom. The molecule has 3 rings (SSSR count). The summed E-state index contributed by atoms with van der Waals surface area (Å²) in [4.78, 5) is 11.8. The topological polar surface area (TPSA) is 54.5 Å². The van der Waals surface area contributed by atoms with Gasteiger partial charge in [-0.1, -0.05) is 41.6 Å². The second-order valence-corrected chi connectivity index (χ2v) is 7.07. The van der Waals surface area contributed by atoms with E-state index >= 15 is 0 Å². The second kappa shape index (κ2) is 7.67. The smallest absolute Gasteiger partial charge is 0.316 e. The van der Waals surface area contributed by atoms with Crippen LogP contribution >= 0.6 is 11.8 Å². The molecular weight excluding hydrogens is 344 g/mol. The molecule has 132 valence electrons. The number of aromatic nitrogens is 1. The Kier molecular flexibility index (Phi) is 5.34. The molecule has 2 heterocycles. The van der Waals surface area contributed by atoms with Crippen LogP contribution in [-0.2, 0) is 9.53 Å². The van der Waals surface area contributed by atoms with Gasteiger partial charge in [-0.2, -0.15) is 5.26 Å². The Morgan fingerprint density at radius 1 is 1.19 bits per heavy atom. The molecule has 0 fully saturated rings. The second-order valence-electron chi connectivity index (χ2n) is 6.10. The predicted octanol–water partition coefficient (Wildman–Crippen LogP) is 4.75. The van der Waals surface area contributed by atoms with E-state index in [1.807, 2.05) is 23.6 Å². The lowest BCUT2D eigenvalue weighted by Gasteiger charge is -2.10. The van der Waals surface area contributed by atoms with Gasteiger partial charge in [0.1, 0.15) is 6.07 Å². The van der Waals surface area contributed by atoms with Crippen LogP contribution < -0.4 is 0 Å². The molecule has 26 heavy (non-hydrogen) atoms. The summed E-state index contributed by atoms with van der Waals surface area (Å²) in [6.45, 7) is 6.13. The maximum atomic E-state index is 11.8. The fourth-order valence-corrected chi connectivity index (χ4v) is 3.85. The van der Waals surface area contributed by atoms with Gasteiger partial charge in [-0.15, -0.1) is 0 Å². The molecule has 0 unspecified atom stereocenters. The molecule has 0 saturated carbocycles. The third-order valence-corrected chi connectivity index (χ3v) is 5.22. The number of benzene rings is 1. The number of hydrogen-bond donors (Lipinski definition) is 0. The van der Waals surface area contributed by atoms with E-state index in [1.54, 1.807) is 6.92 Å². The highest BCUT2D eigenvalue weighted by Crippen LogP contribution is 2.31. The summed E-state index contributed by atoms with van der Waals surface area (Å²) in [6, 6.07) is 14.7. The maximum absolute atomic E-state index is 11.8. The van der Waals surface area contributed by atoms with Crippen molar-refractivity contribution in [1.82, 2.24) is 4.40 Å². The highest BCUT2D eigenvalue weighted by atomic mass is 32.2. The van der Waals surface area contributed by atoms with E-state index in [0.29, 0.717) is 12.2 Å². The Morgan fingerprint density at radius 2 is 1.92 bits per heavy atom. The number of thioether (sulfide) groups is 1. The van der Waals surface area contributed by atoms with E-state index in [1.165, 1.54) is 17.3 Å². The summed E-state index contributed by atoms with van der Waals surface area (Å²) in [7, 11) is 0. The number of nitriles is 1. The molecule has 0 spiro atoms. The molecular formula is C21H20N2O2S. The minimum absolute atomic E-state index is 0.180. The monoisotopic (exact) mass is 364 g/mol. The van der Waals surface area contributed by atoms with E-state index in [2.05, 4.69) is 43.3 Å². The Bertz CT molecular complexity index is 998. The average molecular weight is 364 g/mol. The van der Waals surface area contributed by atoms with E-state index in [4.69, 9.17) is 4.74 Å². The molecule has 0 radical (unpaired) electrons. The lowest BCUT2D eigenvalue weighted by Crippen LogP contribution is -2.08. The first-order chi connectivity index (χ1) is 12.5. The lowest BCUT2D eigenvalue weighted by molar-refractivity contribution is -0.139. The van der Waals surface area contributed by atoms with Crippen LogP contribution in [0.25, 0.3) is 16.6 Å². The van der Waals surface area contributed by atoms with Crippen LogP contribution in [0.15, 0.2) is 47.6 Å². The summed E-state index contributed by atoms with van der Waals surface area (Å²) >= 11 is 1.34. The molecule has 0 bridgehead atoms. The number of ether oxygens (including phenoxy) is 1. The van der Waals surface area contributed by atoms with Crippen molar-refractivity contribution < 1.29 is 9.53 Å². The van der Waals surface area contributed by atoms with Crippen molar-refractivity contribution in [3.05, 3.63) is 59.3 Å². The lowest BCUT2D eigenvalue weighted by atomic mass is 10.1. The number of rotatable bonds is 5. The van der Waals surface area contributed by atoms with Crippen molar-refractivity contribution >= 4 is 23.2 Å². The summed E-state index contributed by atoms with van der Waals surface area (Å²) in [5.41, 5.74) is 5.92. The maximum Gasteiger partial charge on any atom is 0.316 e. The predicted molar refractivity (Wildman–Crippen MR) is 104 cm³/mol. The molecule has 2 aromatic heterocycles. The SMILES string of the molecule is CCOC(=O)CSc1c(C#N)c(C)cc2cc(-c3ccc(C)cc3)cn12. The molecule has 4 nitrogen and oxygen atoms in total. The van der Waals surface area contributed by atoms with Gasteiger partial charge in [0.25, 0.3) is 0 Å². The van der Waals surface area contributed by atoms with Crippen molar-refractivity contribution in [2.75, 3.05) is 12.4 Å². The third kappa shape index (κ3) is 3.61. The van der Waals surface area contributed by atoms with Crippen LogP contribution in [0.3, 0.4) is 0 Å². The quantitative estimate of drug-likeness (QED) is 0.484. The fourth-order valence-electron chi connectivity index (χ4n) is 2.86. The molecule has 0 N–H and O–H groups in total. The van der Waals surface area contributed by atoms with Crippen molar-refractivity contribution in [2.24, 2.45) is 0 Å². The van der Waals surface area contributed by atoms with Gasteiger partial charge in [0.15, 0.2) is 0 Å². The number of carbonyl (C=O) groups excluding carboxylic acids is 1. The molecule has 0 aliphatic carbocycles. The molecule has 0 atom stereocenters. The largest absolute Gasteiger partial charge is 0.465 e. The van der Waals surface area contributed by atoms with E-state index in [-0.39, 0.29) is 11.7 Å². The van der Waals surface area contributed by atoms with Gasteiger partial charge in [0.2, 0.25) is 0 Å². The van der Waals surface area contributed by atoms with E-state index < -0.39 is 0 Å². The summed E-state index contributed by atoms with van der Waals surface area (Å²) in [5.74, 6) is -0.0963. The minimum atomic E-state index is -0.276. The number of carbonyl (C=O) groups is 1. The van der Waals surface area contributed by atoms with Gasteiger partial charge in [0, 0.05) is 17.3 Å². The van der Waals surface area contributed by atoms with Crippen LogP contribution in [-0.4, -0.2) is 22.7 Å². The molecule has 1 aromatic carbocycles. The molecule has 0 aliphatic heterocycles. The molecule has 0 amide bonds. The van der Waals surface area contributed by atoms with Crippen molar-refractivity contribution in [3.63, 3.8) is 0 Å². The minimum Gasteiger partial charge on any atom is -0.465 e. The molecule has 3 aromatic rings. The van der Waals surface area contributed by atoms with Crippen molar-refractivity contribution in [1.29, 1.82) is 5.26 Å². The fraction of sp³-hybridized carbons (Fsp3) is 0.238. The zero-order valence-corrected chi connectivity index (χ0v) is 15.9. The molecule has 0 aliphatic rings. The summed E-state index contributed by atoms with van der Waals surface area (Å²) in [6.07, 6.45) is 2.02. The highest BCUT2D eigenvalue weighted by molar-refractivity contribution is 8.00. The van der Waals surface area contributed by atoms with Gasteiger partial charge in [-0.05, 0) is 44.0 Å². The number of nitrogens with zero attached hydrogens (tertiary/aromatic N) is 2. The molecule has 5 heteroatoms. The summed E-state index contributed by atoms with van der Waals surface area (Å²) < 4.78 is 7.00. The van der Waals surface area contributed by atoms with Crippen LogP contribution in [0.2, 0.25) is 0 Å². The van der Waals surface area contributed by atoms with Gasteiger partial charge >= 0.3 is 5.97 Å². The Hall–Kier alpha value is -2.71. The van der Waals surface area contributed by atoms with Gasteiger partial charge in [-0.25, -0.2) is 0 Å². The first-order valence-corrected chi connectivity index (χ1v) is 9.43. The van der Waals surface area contributed by atoms with Crippen LogP contribution in [0.5, 0.6) is 0 Å². The highest BCUT2D eigenvalue weighted by Gasteiger charge is 2.15. The van der Waals surface area contributed by atoms with Gasteiger partial charge in [-0.3, -0.25) is 4.79 Å². The zero-order chi connectivity index (χ0) is 18.7. The van der Waals surface area contributed by atoms with Crippen molar-refractivity contribution in [2.45, 2.75) is 25.8 Å². The normalized spacial score (nSPS) is 10.7. The van der Waals surface area contributed by atoms with Gasteiger partial charge < -0.3 is 9.14 Å². The van der Waals surface area contributed by atoms with E-state index in [9.17, 15) is 10.1 Å². The number of esters is 1. The third-order valence-electron chi connectivity index (χ3n) is 4.17. The summed E-state index contributed by atoms with van der Waals surface area (Å²) in [5, 5.41) is 10.4. The first kappa shape index (κ1) is 18.1. The number of aryl methyl sites for hydroxylation is 2. The van der Waals surface area contributed by atoms with E-state index in [0.717, 1.165) is 27.2 Å². The Labute approximate surface area is 157 Å². The van der Waals surface area contributed by atoms with Crippen molar-refractivity contribution in [3.8, 4) is 17.2 Å². The molecule has 0 saturated heterocycles. The first-order valence-electron chi connectivity index (χ1n) is 8.44. The average Bonchev–Trinajstić information content (AvgIpc) is 3.03. The number of fused-ring (bicyclic) bond motifs is 1. The number of pyridine rings is 1. The zero-order valence-electron chi connectivity index (χ0n) is 15.1. The van der Waals surface area contributed by atoms with Crippen LogP contribution in [0.4, 0.5) is 0 Å². The standard InChI is InChI=1S/C21H20N2O2S/c1-4-25-20(24)13-26-21-19(11-22)15(3)9-18-10-17(12-23(18)21)16-7-5-14(2)6-8-16/h5-10,12H,4,13H2,1-3H3. The van der Waals surface area contributed by atoms with Gasteiger partial charge in [0.05, 0.1) is 22.9 Å². The van der Waals surface area contributed by atoms with Crippen LogP contribution in [0, 0.1) is 25.2 Å².